The van der Waals surface area contributed by atoms with E-state index in [4.69, 9.17) is 5.26 Å². The van der Waals surface area contributed by atoms with Gasteiger partial charge in [-0.2, -0.15) is 5.26 Å². The molecule has 1 unspecified atom stereocenters. The first-order valence-corrected chi connectivity index (χ1v) is 6.75. The number of nitrogens with one attached hydrogen (secondary N) is 1. The first kappa shape index (κ1) is 15.7. The van der Waals surface area contributed by atoms with Crippen molar-refractivity contribution in [3.05, 3.63) is 35.4 Å². The van der Waals surface area contributed by atoms with E-state index in [0.717, 1.165) is 12.1 Å². The minimum atomic E-state index is -0.532. The molecule has 0 aliphatic rings. The molecule has 0 aromatic heterocycles. The van der Waals surface area contributed by atoms with Gasteiger partial charge in [-0.15, -0.1) is 0 Å². The van der Waals surface area contributed by atoms with E-state index in [1.165, 1.54) is 0 Å². The monoisotopic (exact) mass is 260 g/mol. The third-order valence-electron chi connectivity index (χ3n) is 3.91. The molecule has 0 amide bonds. The zero-order valence-corrected chi connectivity index (χ0v) is 12.3. The van der Waals surface area contributed by atoms with E-state index in [1.54, 1.807) is 24.3 Å². The van der Waals surface area contributed by atoms with Gasteiger partial charge >= 0.3 is 0 Å². The number of rotatable bonds is 6. The number of nitriles is 1. The number of nitrogens with zero attached hydrogens (tertiary/aromatic N) is 1. The van der Waals surface area contributed by atoms with Gasteiger partial charge in [-0.3, -0.25) is 0 Å². The molecule has 3 nitrogen and oxygen atoms in total. The molecule has 0 saturated heterocycles. The summed E-state index contributed by atoms with van der Waals surface area (Å²) in [4.78, 5) is 0. The summed E-state index contributed by atoms with van der Waals surface area (Å²) in [5, 5.41) is 22.1. The van der Waals surface area contributed by atoms with Gasteiger partial charge in [0, 0.05) is 13.1 Å². The highest BCUT2D eigenvalue weighted by atomic mass is 16.3. The Labute approximate surface area is 116 Å². The molecule has 0 heterocycles. The van der Waals surface area contributed by atoms with Gasteiger partial charge in [0.2, 0.25) is 0 Å². The van der Waals surface area contributed by atoms with Crippen LogP contribution in [-0.2, 0) is 0 Å². The van der Waals surface area contributed by atoms with Crippen molar-refractivity contribution in [3.8, 4) is 6.07 Å². The average molecular weight is 260 g/mol. The van der Waals surface area contributed by atoms with Crippen molar-refractivity contribution in [1.82, 2.24) is 5.32 Å². The lowest BCUT2D eigenvalue weighted by Gasteiger charge is -2.30. The lowest BCUT2D eigenvalue weighted by molar-refractivity contribution is 0.160. The van der Waals surface area contributed by atoms with Gasteiger partial charge in [0.25, 0.3) is 0 Å². The molecule has 19 heavy (non-hydrogen) atoms. The average Bonchev–Trinajstić information content (AvgIpc) is 2.38. The number of benzene rings is 1. The van der Waals surface area contributed by atoms with Crippen LogP contribution in [0.4, 0.5) is 0 Å². The summed E-state index contributed by atoms with van der Waals surface area (Å²) >= 11 is 0. The van der Waals surface area contributed by atoms with Crippen molar-refractivity contribution in [2.24, 2.45) is 11.3 Å². The fourth-order valence-corrected chi connectivity index (χ4v) is 1.63. The van der Waals surface area contributed by atoms with Crippen LogP contribution in [0.15, 0.2) is 24.3 Å². The summed E-state index contributed by atoms with van der Waals surface area (Å²) in [6, 6.07) is 9.14. The quantitative estimate of drug-likeness (QED) is 0.827. The lowest BCUT2D eigenvalue weighted by atomic mass is 9.81. The molecule has 0 aliphatic carbocycles. The summed E-state index contributed by atoms with van der Waals surface area (Å²) in [6.45, 7) is 10.3. The van der Waals surface area contributed by atoms with E-state index < -0.39 is 6.10 Å². The van der Waals surface area contributed by atoms with Crippen LogP contribution in [-0.4, -0.2) is 18.2 Å². The summed E-state index contributed by atoms with van der Waals surface area (Å²) < 4.78 is 0. The van der Waals surface area contributed by atoms with Crippen LogP contribution in [0.5, 0.6) is 0 Å². The van der Waals surface area contributed by atoms with Gasteiger partial charge < -0.3 is 10.4 Å². The van der Waals surface area contributed by atoms with Gasteiger partial charge in [-0.1, -0.05) is 39.8 Å². The van der Waals surface area contributed by atoms with Gasteiger partial charge in [0.15, 0.2) is 0 Å². The molecular formula is C16H24N2O. The van der Waals surface area contributed by atoms with Crippen LogP contribution in [0.3, 0.4) is 0 Å². The minimum Gasteiger partial charge on any atom is -0.387 e. The molecule has 0 aliphatic heterocycles. The Bertz CT molecular complexity index is 429. The Morgan fingerprint density at radius 1 is 1.26 bits per heavy atom. The third kappa shape index (κ3) is 4.66. The van der Waals surface area contributed by atoms with E-state index in [0.29, 0.717) is 18.0 Å². The van der Waals surface area contributed by atoms with Crippen LogP contribution in [0, 0.1) is 22.7 Å². The zero-order valence-electron chi connectivity index (χ0n) is 12.3. The summed E-state index contributed by atoms with van der Waals surface area (Å²) in [5.74, 6) is 0.590. The van der Waals surface area contributed by atoms with E-state index in [9.17, 15) is 5.11 Å². The number of aliphatic hydroxyl groups excluding tert-OH is 1. The first-order chi connectivity index (χ1) is 8.86. The fourth-order valence-electron chi connectivity index (χ4n) is 1.63. The van der Waals surface area contributed by atoms with Gasteiger partial charge in [-0.25, -0.2) is 0 Å². The van der Waals surface area contributed by atoms with Crippen LogP contribution < -0.4 is 5.32 Å². The van der Waals surface area contributed by atoms with E-state index in [1.807, 2.05) is 0 Å². The molecule has 0 bridgehead atoms. The van der Waals surface area contributed by atoms with Crippen molar-refractivity contribution in [3.63, 3.8) is 0 Å². The largest absolute Gasteiger partial charge is 0.387 e. The standard InChI is InChI=1S/C16H24N2O/c1-12(2)16(3,4)11-18-10-15(19)14-7-5-13(9-17)6-8-14/h5-8,12,15,18-19H,10-11H2,1-4H3. The zero-order chi connectivity index (χ0) is 14.5. The maximum atomic E-state index is 10.1. The molecular weight excluding hydrogens is 236 g/mol. The number of hydrogen-bond acceptors (Lipinski definition) is 3. The topological polar surface area (TPSA) is 56.0 Å². The molecule has 0 fully saturated rings. The second-order valence-corrected chi connectivity index (χ2v) is 6.02. The molecule has 2 N–H and O–H groups in total. The molecule has 0 saturated carbocycles. The maximum Gasteiger partial charge on any atom is 0.0991 e. The van der Waals surface area contributed by atoms with Crippen molar-refractivity contribution in [1.29, 1.82) is 5.26 Å². The van der Waals surface area contributed by atoms with Gasteiger partial charge in [0.1, 0.15) is 0 Å². The second-order valence-electron chi connectivity index (χ2n) is 6.02. The van der Waals surface area contributed by atoms with Crippen molar-refractivity contribution >= 4 is 0 Å². The molecule has 0 radical (unpaired) electrons. The normalized spacial score (nSPS) is 13.3. The summed E-state index contributed by atoms with van der Waals surface area (Å²) in [5.41, 5.74) is 1.67. The highest BCUT2D eigenvalue weighted by Crippen LogP contribution is 2.24. The SMILES string of the molecule is CC(C)C(C)(C)CNCC(O)c1ccc(C#N)cc1. The highest BCUT2D eigenvalue weighted by Gasteiger charge is 2.22. The first-order valence-electron chi connectivity index (χ1n) is 6.75. The van der Waals surface area contributed by atoms with Crippen molar-refractivity contribution < 1.29 is 5.11 Å². The smallest absolute Gasteiger partial charge is 0.0991 e. The van der Waals surface area contributed by atoms with Crippen LogP contribution >= 0.6 is 0 Å². The molecule has 1 atom stereocenters. The van der Waals surface area contributed by atoms with Crippen molar-refractivity contribution in [2.45, 2.75) is 33.8 Å². The predicted molar refractivity (Wildman–Crippen MR) is 77.6 cm³/mol. The molecule has 1 rings (SSSR count). The Hall–Kier alpha value is -1.37. The Kier molecular flexibility index (Phi) is 5.53. The summed E-state index contributed by atoms with van der Waals surface area (Å²) in [6.07, 6.45) is -0.532. The second kappa shape index (κ2) is 6.70. The lowest BCUT2D eigenvalue weighted by Crippen LogP contribution is -2.35. The van der Waals surface area contributed by atoms with Gasteiger partial charge in [0.05, 0.1) is 17.7 Å². The molecule has 1 aromatic carbocycles. The fraction of sp³-hybridized carbons (Fsp3) is 0.562. The third-order valence-corrected chi connectivity index (χ3v) is 3.91. The maximum absolute atomic E-state index is 10.1. The van der Waals surface area contributed by atoms with Crippen molar-refractivity contribution in [2.75, 3.05) is 13.1 Å². The van der Waals surface area contributed by atoms with Crippen LogP contribution in [0.2, 0.25) is 0 Å². The molecule has 0 spiro atoms. The van der Waals surface area contributed by atoms with Crippen LogP contribution in [0.25, 0.3) is 0 Å². The molecule has 1 aromatic rings. The number of aliphatic hydroxyl groups is 1. The Balaban J connectivity index is 2.47. The Morgan fingerprint density at radius 3 is 2.32 bits per heavy atom. The van der Waals surface area contributed by atoms with Crippen LogP contribution in [0.1, 0.15) is 44.9 Å². The minimum absolute atomic E-state index is 0.213. The number of hydrogen-bond donors (Lipinski definition) is 2. The Morgan fingerprint density at radius 2 is 1.84 bits per heavy atom. The highest BCUT2D eigenvalue weighted by molar-refractivity contribution is 5.32. The van der Waals surface area contributed by atoms with E-state index in [-0.39, 0.29) is 5.41 Å². The molecule has 3 heteroatoms. The van der Waals surface area contributed by atoms with Gasteiger partial charge in [-0.05, 0) is 29.0 Å². The predicted octanol–water partition coefficient (Wildman–Crippen LogP) is 2.86. The van der Waals surface area contributed by atoms with E-state index in [2.05, 4.69) is 39.1 Å². The van der Waals surface area contributed by atoms with E-state index >= 15 is 0 Å². The molecule has 104 valence electrons. The summed E-state index contributed by atoms with van der Waals surface area (Å²) in [7, 11) is 0.